The molecule has 3 aromatic carbocycles. The first-order valence-electron chi connectivity index (χ1n) is 15.8. The summed E-state index contributed by atoms with van der Waals surface area (Å²) in [5, 5.41) is 3.67. The second kappa shape index (κ2) is 13.4. The fraction of sp³-hybridized carbons (Fsp3) is 0.343. The van der Waals surface area contributed by atoms with Crippen LogP contribution in [0.25, 0.3) is 10.9 Å². The number of amides is 2. The van der Waals surface area contributed by atoms with E-state index in [0.717, 1.165) is 37.0 Å². The van der Waals surface area contributed by atoms with Crippen LogP contribution < -0.4 is 19.8 Å². The number of benzene rings is 3. The number of sulfonamides is 1. The zero-order chi connectivity index (χ0) is 32.3. The first kappa shape index (κ1) is 31.3. The van der Waals surface area contributed by atoms with E-state index in [0.29, 0.717) is 61.5 Å². The monoisotopic (exact) mass is 640 g/mol. The van der Waals surface area contributed by atoms with E-state index in [9.17, 15) is 18.0 Å². The number of likely N-dealkylation sites (tertiary alicyclic amines) is 1. The molecule has 3 heterocycles. The molecule has 4 aromatic rings. The Hall–Kier alpha value is -4.64. The SMILES string of the molecule is Cc1cnc2c(S(=O)(=O)Nc3cc(C(=O)NCCCN4CCCC4=O)ccc3N3CCN(c4ccccc4C)CC3)cccc2c1. The zero-order valence-electron chi connectivity index (χ0n) is 26.3. The molecule has 2 saturated heterocycles. The van der Waals surface area contributed by atoms with Gasteiger partial charge in [-0.3, -0.25) is 19.3 Å². The number of aromatic nitrogens is 1. The summed E-state index contributed by atoms with van der Waals surface area (Å²) in [6.45, 7) is 8.70. The molecule has 46 heavy (non-hydrogen) atoms. The van der Waals surface area contributed by atoms with Gasteiger partial charge in [0.2, 0.25) is 5.91 Å². The Kier molecular flexibility index (Phi) is 9.12. The third-order valence-corrected chi connectivity index (χ3v) is 10.1. The summed E-state index contributed by atoms with van der Waals surface area (Å²) in [7, 11) is -4.07. The van der Waals surface area contributed by atoms with Crippen molar-refractivity contribution in [2.45, 2.75) is 38.0 Å². The maximum absolute atomic E-state index is 13.9. The van der Waals surface area contributed by atoms with Crippen LogP contribution in [0, 0.1) is 13.8 Å². The number of hydrogen-bond donors (Lipinski definition) is 2. The van der Waals surface area contributed by atoms with Gasteiger partial charge < -0.3 is 20.0 Å². The number of para-hydroxylation sites is 2. The van der Waals surface area contributed by atoms with Gasteiger partial charge >= 0.3 is 0 Å². The van der Waals surface area contributed by atoms with Crippen LogP contribution in [0.2, 0.25) is 0 Å². The molecule has 0 spiro atoms. The molecule has 11 heteroatoms. The lowest BCUT2D eigenvalue weighted by atomic mass is 10.1. The van der Waals surface area contributed by atoms with Crippen molar-refractivity contribution in [2.24, 2.45) is 0 Å². The number of anilines is 3. The van der Waals surface area contributed by atoms with E-state index in [2.05, 4.69) is 43.9 Å². The highest BCUT2D eigenvalue weighted by molar-refractivity contribution is 7.93. The number of pyridine rings is 1. The van der Waals surface area contributed by atoms with Crippen molar-refractivity contribution in [3.63, 3.8) is 0 Å². The number of hydrogen-bond acceptors (Lipinski definition) is 7. The van der Waals surface area contributed by atoms with Gasteiger partial charge in [0.15, 0.2) is 0 Å². The van der Waals surface area contributed by atoms with E-state index in [1.54, 1.807) is 30.5 Å². The molecule has 2 fully saturated rings. The predicted octanol–water partition coefficient (Wildman–Crippen LogP) is 4.72. The molecule has 1 aromatic heterocycles. The predicted molar refractivity (Wildman–Crippen MR) is 182 cm³/mol. The van der Waals surface area contributed by atoms with Crippen molar-refractivity contribution in [1.82, 2.24) is 15.2 Å². The lowest BCUT2D eigenvalue weighted by Crippen LogP contribution is -2.47. The molecule has 0 unspecified atom stereocenters. The van der Waals surface area contributed by atoms with Crippen LogP contribution in [0.4, 0.5) is 17.1 Å². The Morgan fingerprint density at radius 3 is 2.39 bits per heavy atom. The normalized spacial score (nSPS) is 15.4. The quantitative estimate of drug-likeness (QED) is 0.241. The van der Waals surface area contributed by atoms with Gasteiger partial charge in [0, 0.05) is 75.1 Å². The summed E-state index contributed by atoms with van der Waals surface area (Å²) < 4.78 is 30.7. The molecule has 0 atom stereocenters. The molecular formula is C35H40N6O4S. The fourth-order valence-electron chi connectivity index (χ4n) is 6.32. The van der Waals surface area contributed by atoms with E-state index in [1.165, 1.54) is 11.3 Å². The van der Waals surface area contributed by atoms with Crippen molar-refractivity contribution in [1.29, 1.82) is 0 Å². The van der Waals surface area contributed by atoms with Gasteiger partial charge in [0.1, 0.15) is 4.90 Å². The van der Waals surface area contributed by atoms with Gasteiger partial charge in [-0.25, -0.2) is 8.42 Å². The Labute approximate surface area is 270 Å². The van der Waals surface area contributed by atoms with Crippen molar-refractivity contribution in [3.8, 4) is 0 Å². The Morgan fingerprint density at radius 1 is 0.891 bits per heavy atom. The lowest BCUT2D eigenvalue weighted by Gasteiger charge is -2.38. The molecule has 0 aliphatic carbocycles. The maximum atomic E-state index is 13.9. The second-order valence-electron chi connectivity index (χ2n) is 12.0. The first-order chi connectivity index (χ1) is 22.2. The molecule has 2 amide bonds. The van der Waals surface area contributed by atoms with E-state index < -0.39 is 10.0 Å². The third kappa shape index (κ3) is 6.79. The summed E-state index contributed by atoms with van der Waals surface area (Å²) in [4.78, 5) is 36.0. The highest BCUT2D eigenvalue weighted by Crippen LogP contribution is 2.33. The van der Waals surface area contributed by atoms with Crippen LogP contribution in [-0.2, 0) is 14.8 Å². The van der Waals surface area contributed by atoms with Crippen LogP contribution in [-0.4, -0.2) is 75.9 Å². The molecule has 0 bridgehead atoms. The molecule has 2 aliphatic rings. The standard InChI is InChI=1S/C35H40N6O4S/c1-25-22-27-9-5-11-32(34(27)37-24-25)46(44,45)38-29-23-28(35(43)36-15-7-17-41-16-6-12-33(41)42)13-14-31(29)40-20-18-39(19-21-40)30-10-4-3-8-26(30)2/h3-5,8-11,13-14,22-24,38H,6-7,12,15-21H2,1-2H3,(H,36,43). The summed E-state index contributed by atoms with van der Waals surface area (Å²) >= 11 is 0. The van der Waals surface area contributed by atoms with Gasteiger partial charge in [-0.2, -0.15) is 0 Å². The molecule has 2 aliphatic heterocycles. The highest BCUT2D eigenvalue weighted by atomic mass is 32.2. The minimum atomic E-state index is -4.07. The van der Waals surface area contributed by atoms with Crippen LogP contribution >= 0.6 is 0 Å². The number of carbonyl (C=O) groups is 2. The third-order valence-electron chi connectivity index (χ3n) is 8.74. The number of fused-ring (bicyclic) bond motifs is 1. The topological polar surface area (TPSA) is 115 Å². The smallest absolute Gasteiger partial charge is 0.264 e. The van der Waals surface area contributed by atoms with Crippen molar-refractivity contribution in [3.05, 3.63) is 89.6 Å². The maximum Gasteiger partial charge on any atom is 0.264 e. The number of rotatable bonds is 10. The van der Waals surface area contributed by atoms with E-state index in [1.807, 2.05) is 42.2 Å². The molecular weight excluding hydrogens is 600 g/mol. The van der Waals surface area contributed by atoms with Gasteiger partial charge in [0.05, 0.1) is 16.9 Å². The summed E-state index contributed by atoms with van der Waals surface area (Å²) in [6, 6.07) is 20.5. The van der Waals surface area contributed by atoms with Gasteiger partial charge in [-0.1, -0.05) is 30.3 Å². The molecule has 2 N–H and O–H groups in total. The first-order valence-corrected chi connectivity index (χ1v) is 17.3. The van der Waals surface area contributed by atoms with Crippen LogP contribution in [0.1, 0.15) is 40.7 Å². The van der Waals surface area contributed by atoms with Gasteiger partial charge in [-0.05, 0) is 74.2 Å². The largest absolute Gasteiger partial charge is 0.368 e. The number of nitrogens with one attached hydrogen (secondary N) is 2. The minimum absolute atomic E-state index is 0.0756. The number of piperazine rings is 1. The van der Waals surface area contributed by atoms with Gasteiger partial charge in [0.25, 0.3) is 15.9 Å². The van der Waals surface area contributed by atoms with E-state index in [-0.39, 0.29) is 16.7 Å². The van der Waals surface area contributed by atoms with E-state index >= 15 is 0 Å². The fourth-order valence-corrected chi connectivity index (χ4v) is 7.56. The van der Waals surface area contributed by atoms with Crippen LogP contribution in [0.5, 0.6) is 0 Å². The molecule has 0 radical (unpaired) electrons. The Morgan fingerprint density at radius 2 is 1.65 bits per heavy atom. The van der Waals surface area contributed by atoms with Gasteiger partial charge in [-0.15, -0.1) is 0 Å². The number of aryl methyl sites for hydroxylation is 2. The molecule has 0 saturated carbocycles. The second-order valence-corrected chi connectivity index (χ2v) is 13.7. The average Bonchev–Trinajstić information content (AvgIpc) is 3.47. The Balaban J connectivity index is 1.24. The summed E-state index contributed by atoms with van der Waals surface area (Å²) in [6.07, 6.45) is 3.78. The lowest BCUT2D eigenvalue weighted by molar-refractivity contribution is -0.127. The van der Waals surface area contributed by atoms with Crippen molar-refractivity contribution in [2.75, 3.05) is 60.3 Å². The average molecular weight is 641 g/mol. The van der Waals surface area contributed by atoms with Crippen molar-refractivity contribution < 1.29 is 18.0 Å². The number of carbonyl (C=O) groups excluding carboxylic acids is 2. The molecule has 6 rings (SSSR count). The van der Waals surface area contributed by atoms with Crippen LogP contribution in [0.15, 0.2) is 77.8 Å². The summed E-state index contributed by atoms with van der Waals surface area (Å²) in [5.74, 6) is -0.137. The Bertz CT molecular complexity index is 1870. The van der Waals surface area contributed by atoms with E-state index in [4.69, 9.17) is 0 Å². The van der Waals surface area contributed by atoms with Crippen molar-refractivity contribution >= 4 is 49.8 Å². The highest BCUT2D eigenvalue weighted by Gasteiger charge is 2.25. The molecule has 10 nitrogen and oxygen atoms in total. The van der Waals surface area contributed by atoms with Crippen LogP contribution in [0.3, 0.4) is 0 Å². The number of nitrogens with zero attached hydrogens (tertiary/aromatic N) is 4. The summed E-state index contributed by atoms with van der Waals surface area (Å²) in [5.41, 5.74) is 5.13. The minimum Gasteiger partial charge on any atom is -0.368 e. The zero-order valence-corrected chi connectivity index (χ0v) is 27.1. The molecule has 240 valence electrons.